The van der Waals surface area contributed by atoms with E-state index < -0.39 is 0 Å². The van der Waals surface area contributed by atoms with E-state index in [1.807, 2.05) is 0 Å². The van der Waals surface area contributed by atoms with E-state index in [0.29, 0.717) is 17.0 Å². The predicted octanol–water partition coefficient (Wildman–Crippen LogP) is 3.81. The number of hydrogen-bond donors (Lipinski definition) is 1. The van der Waals surface area contributed by atoms with Crippen LogP contribution < -0.4 is 0 Å². The van der Waals surface area contributed by atoms with Crippen LogP contribution in [0.15, 0.2) is 18.2 Å². The van der Waals surface area contributed by atoms with Gasteiger partial charge in [0.25, 0.3) is 0 Å². The van der Waals surface area contributed by atoms with Gasteiger partial charge in [0.1, 0.15) is 5.75 Å². The van der Waals surface area contributed by atoms with Gasteiger partial charge in [0.15, 0.2) is 5.78 Å². The molecule has 0 radical (unpaired) electrons. The van der Waals surface area contributed by atoms with E-state index in [-0.39, 0.29) is 11.5 Å². The number of rotatable bonds is 5. The largest absolute Gasteiger partial charge is 0.507 e. The van der Waals surface area contributed by atoms with Gasteiger partial charge in [0, 0.05) is 11.4 Å². The molecule has 0 fully saturated rings. The zero-order valence-corrected chi connectivity index (χ0v) is 9.55. The molecule has 1 rings (SSSR count). The monoisotopic (exact) mass is 226 g/mol. The summed E-state index contributed by atoms with van der Waals surface area (Å²) < 4.78 is 0. The molecule has 0 heterocycles. The number of benzene rings is 1. The molecule has 0 spiro atoms. The van der Waals surface area contributed by atoms with E-state index in [1.54, 1.807) is 6.07 Å². The summed E-state index contributed by atoms with van der Waals surface area (Å²) in [5, 5.41) is 9.96. The van der Waals surface area contributed by atoms with E-state index in [2.05, 4.69) is 6.92 Å². The summed E-state index contributed by atoms with van der Waals surface area (Å²) in [6, 6.07) is 4.54. The summed E-state index contributed by atoms with van der Waals surface area (Å²) in [6.07, 6.45) is 3.45. The molecular formula is C12H15ClO2. The molecule has 0 amide bonds. The molecule has 0 aliphatic heterocycles. The molecule has 1 aromatic rings. The third-order valence-corrected chi connectivity index (χ3v) is 2.50. The maximum Gasteiger partial charge on any atom is 0.166 e. The summed E-state index contributed by atoms with van der Waals surface area (Å²) in [6.45, 7) is 2.08. The van der Waals surface area contributed by atoms with Crippen molar-refractivity contribution >= 4 is 17.4 Å². The van der Waals surface area contributed by atoms with Crippen molar-refractivity contribution in [1.29, 1.82) is 0 Å². The van der Waals surface area contributed by atoms with Crippen LogP contribution in [0.1, 0.15) is 43.0 Å². The molecule has 0 unspecified atom stereocenters. The molecule has 0 atom stereocenters. The molecule has 15 heavy (non-hydrogen) atoms. The zero-order valence-electron chi connectivity index (χ0n) is 8.79. The molecule has 1 N–H and O–H groups in total. The lowest BCUT2D eigenvalue weighted by molar-refractivity contribution is 0.0976. The van der Waals surface area contributed by atoms with Gasteiger partial charge in [-0.3, -0.25) is 4.79 Å². The van der Waals surface area contributed by atoms with Gasteiger partial charge in [0.2, 0.25) is 0 Å². The Balaban J connectivity index is 2.68. The highest BCUT2D eigenvalue weighted by molar-refractivity contribution is 6.31. The van der Waals surface area contributed by atoms with Crippen LogP contribution in [0, 0.1) is 0 Å². The lowest BCUT2D eigenvalue weighted by atomic mass is 10.0. The summed E-state index contributed by atoms with van der Waals surface area (Å²) in [7, 11) is 0. The van der Waals surface area contributed by atoms with Crippen LogP contribution in [0.3, 0.4) is 0 Å². The Morgan fingerprint density at radius 3 is 2.80 bits per heavy atom. The second-order valence-corrected chi connectivity index (χ2v) is 3.98. The van der Waals surface area contributed by atoms with Crippen molar-refractivity contribution in [2.45, 2.75) is 32.6 Å². The quantitative estimate of drug-likeness (QED) is 0.612. The minimum Gasteiger partial charge on any atom is -0.507 e. The van der Waals surface area contributed by atoms with Crippen molar-refractivity contribution in [3.63, 3.8) is 0 Å². The second kappa shape index (κ2) is 5.76. The number of carbonyl (C=O) groups excluding carboxylic acids is 1. The van der Waals surface area contributed by atoms with E-state index in [4.69, 9.17) is 11.6 Å². The Labute approximate surface area is 94.9 Å². The van der Waals surface area contributed by atoms with Crippen LogP contribution in [0.4, 0.5) is 0 Å². The van der Waals surface area contributed by atoms with Gasteiger partial charge in [-0.25, -0.2) is 0 Å². The Morgan fingerprint density at radius 1 is 1.40 bits per heavy atom. The van der Waals surface area contributed by atoms with Crippen LogP contribution >= 0.6 is 11.6 Å². The summed E-state index contributed by atoms with van der Waals surface area (Å²) in [4.78, 5) is 11.7. The van der Waals surface area contributed by atoms with E-state index in [9.17, 15) is 9.90 Å². The first kappa shape index (κ1) is 12.1. The molecule has 0 saturated carbocycles. The van der Waals surface area contributed by atoms with Crippen molar-refractivity contribution in [2.24, 2.45) is 0 Å². The van der Waals surface area contributed by atoms with Crippen molar-refractivity contribution < 1.29 is 9.90 Å². The number of aromatic hydroxyl groups is 1. The SMILES string of the molecule is CCCCCC(=O)c1cc(Cl)ccc1O. The van der Waals surface area contributed by atoms with Gasteiger partial charge < -0.3 is 5.11 Å². The van der Waals surface area contributed by atoms with Gasteiger partial charge in [0.05, 0.1) is 5.56 Å². The average Bonchev–Trinajstić information content (AvgIpc) is 2.22. The normalized spacial score (nSPS) is 10.3. The van der Waals surface area contributed by atoms with Crippen LogP contribution in [-0.2, 0) is 0 Å². The summed E-state index contributed by atoms with van der Waals surface area (Å²) in [5.41, 5.74) is 0.332. The maximum atomic E-state index is 11.7. The Morgan fingerprint density at radius 2 is 2.13 bits per heavy atom. The minimum absolute atomic E-state index is 0.0147. The third-order valence-electron chi connectivity index (χ3n) is 2.27. The molecule has 0 aliphatic rings. The number of unbranched alkanes of at least 4 members (excludes halogenated alkanes) is 2. The molecule has 1 aromatic carbocycles. The number of phenolic OH excluding ortho intramolecular Hbond substituents is 1. The van der Waals surface area contributed by atoms with Crippen LogP contribution in [-0.4, -0.2) is 10.9 Å². The van der Waals surface area contributed by atoms with Crippen LogP contribution in [0.25, 0.3) is 0 Å². The molecular weight excluding hydrogens is 212 g/mol. The topological polar surface area (TPSA) is 37.3 Å². The highest BCUT2D eigenvalue weighted by Gasteiger charge is 2.10. The summed E-state index contributed by atoms with van der Waals surface area (Å²) >= 11 is 5.76. The minimum atomic E-state index is -0.0385. The number of hydrogen-bond acceptors (Lipinski definition) is 2. The number of carbonyl (C=O) groups is 1. The van der Waals surface area contributed by atoms with Gasteiger partial charge in [-0.05, 0) is 24.6 Å². The first-order valence-corrected chi connectivity index (χ1v) is 5.54. The number of halogens is 1. The molecule has 0 saturated heterocycles. The average molecular weight is 227 g/mol. The van der Waals surface area contributed by atoms with Crippen molar-refractivity contribution in [1.82, 2.24) is 0 Å². The molecule has 0 bridgehead atoms. The first-order valence-electron chi connectivity index (χ1n) is 5.17. The maximum absolute atomic E-state index is 11.7. The van der Waals surface area contributed by atoms with Gasteiger partial charge in [-0.15, -0.1) is 0 Å². The second-order valence-electron chi connectivity index (χ2n) is 3.54. The number of Topliss-reactive ketones (excluding diaryl/α,β-unsaturated/α-hetero) is 1. The van der Waals surface area contributed by atoms with Crippen molar-refractivity contribution in [3.05, 3.63) is 28.8 Å². The Bertz CT molecular complexity index is 347. The standard InChI is InChI=1S/C12H15ClO2/c1-2-3-4-5-11(14)10-8-9(13)6-7-12(10)15/h6-8,15H,2-5H2,1H3. The fourth-order valence-corrected chi connectivity index (χ4v) is 1.57. The van der Waals surface area contributed by atoms with E-state index >= 15 is 0 Å². The van der Waals surface area contributed by atoms with Crippen molar-refractivity contribution in [2.75, 3.05) is 0 Å². The Kier molecular flexibility index (Phi) is 4.63. The van der Waals surface area contributed by atoms with Crippen molar-refractivity contribution in [3.8, 4) is 5.75 Å². The highest BCUT2D eigenvalue weighted by atomic mass is 35.5. The fourth-order valence-electron chi connectivity index (χ4n) is 1.40. The van der Waals surface area contributed by atoms with Crippen LogP contribution in [0.5, 0.6) is 5.75 Å². The lowest BCUT2D eigenvalue weighted by Crippen LogP contribution is -1.99. The molecule has 0 aliphatic carbocycles. The van der Waals surface area contributed by atoms with E-state index in [1.165, 1.54) is 12.1 Å². The summed E-state index contributed by atoms with van der Waals surface area (Å²) in [5.74, 6) is -0.0238. The molecule has 3 heteroatoms. The Hall–Kier alpha value is -1.02. The van der Waals surface area contributed by atoms with E-state index in [0.717, 1.165) is 19.3 Å². The smallest absolute Gasteiger partial charge is 0.166 e. The number of phenols is 1. The fraction of sp³-hybridized carbons (Fsp3) is 0.417. The molecule has 82 valence electrons. The predicted molar refractivity (Wildman–Crippen MR) is 61.6 cm³/mol. The zero-order chi connectivity index (χ0) is 11.3. The van der Waals surface area contributed by atoms with Gasteiger partial charge in [-0.1, -0.05) is 31.4 Å². The van der Waals surface area contributed by atoms with Crippen LogP contribution in [0.2, 0.25) is 5.02 Å². The number of ketones is 1. The van der Waals surface area contributed by atoms with Gasteiger partial charge in [-0.2, -0.15) is 0 Å². The highest BCUT2D eigenvalue weighted by Crippen LogP contribution is 2.23. The third kappa shape index (κ3) is 3.56. The molecule has 2 nitrogen and oxygen atoms in total. The lowest BCUT2D eigenvalue weighted by Gasteiger charge is -2.03. The van der Waals surface area contributed by atoms with Gasteiger partial charge >= 0.3 is 0 Å². The first-order chi connectivity index (χ1) is 7.15. The molecule has 0 aromatic heterocycles.